The fraction of sp³-hybridized carbons (Fsp3) is 0.278. The van der Waals surface area contributed by atoms with Gasteiger partial charge < -0.3 is 9.64 Å². The van der Waals surface area contributed by atoms with Gasteiger partial charge in [0.2, 0.25) is 5.91 Å². The van der Waals surface area contributed by atoms with Gasteiger partial charge in [0, 0.05) is 18.7 Å². The van der Waals surface area contributed by atoms with Crippen LogP contribution in [0.25, 0.3) is 0 Å². The van der Waals surface area contributed by atoms with Crippen LogP contribution < -0.4 is 9.64 Å². The molecule has 0 spiro atoms. The number of carbonyl (C=O) groups is 1. The maximum atomic E-state index is 12.1. The molecule has 0 N–H and O–H groups in total. The molecule has 2 aromatic rings. The van der Waals surface area contributed by atoms with Crippen LogP contribution in [-0.4, -0.2) is 12.5 Å². The van der Waals surface area contributed by atoms with E-state index in [2.05, 4.69) is 0 Å². The standard InChI is InChI=1S/C18H19NO2/c20-18-9-5-2-6-14-19(18)15-10-12-17(13-11-15)21-16-7-3-1-4-8-16/h1,3-4,7-8,10-13H,2,5-6,9,14H2. The van der Waals surface area contributed by atoms with E-state index in [4.69, 9.17) is 4.74 Å². The molecule has 21 heavy (non-hydrogen) atoms. The summed E-state index contributed by atoms with van der Waals surface area (Å²) in [4.78, 5) is 14.0. The summed E-state index contributed by atoms with van der Waals surface area (Å²) in [6, 6.07) is 17.4. The van der Waals surface area contributed by atoms with E-state index >= 15 is 0 Å². The highest BCUT2D eigenvalue weighted by atomic mass is 16.5. The molecule has 0 aromatic heterocycles. The number of para-hydroxylation sites is 1. The molecule has 1 aliphatic heterocycles. The number of nitrogens with zero attached hydrogens (tertiary/aromatic N) is 1. The number of anilines is 1. The van der Waals surface area contributed by atoms with E-state index in [1.54, 1.807) is 0 Å². The first-order valence-corrected chi connectivity index (χ1v) is 7.46. The highest BCUT2D eigenvalue weighted by Gasteiger charge is 2.17. The van der Waals surface area contributed by atoms with Crippen LogP contribution in [-0.2, 0) is 4.79 Å². The van der Waals surface area contributed by atoms with E-state index in [1.165, 1.54) is 0 Å². The third kappa shape index (κ3) is 3.43. The number of carbonyl (C=O) groups excluding carboxylic acids is 1. The highest BCUT2D eigenvalue weighted by molar-refractivity contribution is 5.93. The van der Waals surface area contributed by atoms with Crippen LogP contribution in [0.4, 0.5) is 5.69 Å². The maximum Gasteiger partial charge on any atom is 0.226 e. The van der Waals surface area contributed by atoms with Gasteiger partial charge in [-0.1, -0.05) is 24.6 Å². The van der Waals surface area contributed by atoms with Gasteiger partial charge in [0.05, 0.1) is 0 Å². The number of ether oxygens (including phenoxy) is 1. The molecule has 0 aliphatic carbocycles. The predicted octanol–water partition coefficient (Wildman–Crippen LogP) is 4.39. The van der Waals surface area contributed by atoms with E-state index in [0.29, 0.717) is 6.42 Å². The monoisotopic (exact) mass is 281 g/mol. The summed E-state index contributed by atoms with van der Waals surface area (Å²) in [5, 5.41) is 0. The van der Waals surface area contributed by atoms with Crippen molar-refractivity contribution in [1.82, 2.24) is 0 Å². The molecule has 3 rings (SSSR count). The maximum absolute atomic E-state index is 12.1. The van der Waals surface area contributed by atoms with Gasteiger partial charge in [0.15, 0.2) is 0 Å². The Labute approximate surface area is 125 Å². The molecular formula is C18H19NO2. The minimum Gasteiger partial charge on any atom is -0.457 e. The third-order valence-electron chi connectivity index (χ3n) is 3.70. The number of benzene rings is 2. The Balaban J connectivity index is 1.73. The normalized spacial score (nSPS) is 15.6. The van der Waals surface area contributed by atoms with Crippen LogP contribution in [0.1, 0.15) is 25.7 Å². The van der Waals surface area contributed by atoms with E-state index in [9.17, 15) is 4.79 Å². The van der Waals surface area contributed by atoms with Crippen molar-refractivity contribution in [3.63, 3.8) is 0 Å². The van der Waals surface area contributed by atoms with Gasteiger partial charge in [-0.15, -0.1) is 0 Å². The molecular weight excluding hydrogens is 262 g/mol. The van der Waals surface area contributed by atoms with Crippen molar-refractivity contribution in [3.05, 3.63) is 54.6 Å². The molecule has 0 saturated carbocycles. The second-order valence-corrected chi connectivity index (χ2v) is 5.27. The Morgan fingerprint density at radius 2 is 1.52 bits per heavy atom. The van der Waals surface area contributed by atoms with E-state index < -0.39 is 0 Å². The Kier molecular flexibility index (Phi) is 4.20. The number of amides is 1. The molecule has 3 nitrogen and oxygen atoms in total. The summed E-state index contributed by atoms with van der Waals surface area (Å²) < 4.78 is 5.77. The van der Waals surface area contributed by atoms with Crippen molar-refractivity contribution < 1.29 is 9.53 Å². The van der Waals surface area contributed by atoms with Crippen LogP contribution in [0, 0.1) is 0 Å². The molecule has 1 saturated heterocycles. The third-order valence-corrected chi connectivity index (χ3v) is 3.70. The van der Waals surface area contributed by atoms with Crippen molar-refractivity contribution in [2.45, 2.75) is 25.7 Å². The second kappa shape index (κ2) is 6.44. The molecule has 3 heteroatoms. The first kappa shape index (κ1) is 13.7. The highest BCUT2D eigenvalue weighted by Crippen LogP contribution is 2.26. The Bertz CT molecular complexity index is 592. The van der Waals surface area contributed by atoms with Gasteiger partial charge in [-0.3, -0.25) is 4.79 Å². The summed E-state index contributed by atoms with van der Waals surface area (Å²) in [6.07, 6.45) is 3.87. The Morgan fingerprint density at radius 1 is 0.810 bits per heavy atom. The summed E-state index contributed by atoms with van der Waals surface area (Å²) in [6.45, 7) is 0.817. The van der Waals surface area contributed by atoms with Crippen molar-refractivity contribution in [3.8, 4) is 11.5 Å². The van der Waals surface area contributed by atoms with Crippen LogP contribution in [0.2, 0.25) is 0 Å². The van der Waals surface area contributed by atoms with Gasteiger partial charge in [-0.2, -0.15) is 0 Å². The van der Waals surface area contributed by atoms with Gasteiger partial charge >= 0.3 is 0 Å². The largest absolute Gasteiger partial charge is 0.457 e. The molecule has 1 heterocycles. The molecule has 1 aliphatic rings. The van der Waals surface area contributed by atoms with Gasteiger partial charge in [0.25, 0.3) is 0 Å². The summed E-state index contributed by atoms with van der Waals surface area (Å²) in [7, 11) is 0. The van der Waals surface area contributed by atoms with Gasteiger partial charge in [-0.05, 0) is 49.2 Å². The van der Waals surface area contributed by atoms with Crippen LogP contribution >= 0.6 is 0 Å². The number of rotatable bonds is 3. The lowest BCUT2D eigenvalue weighted by Gasteiger charge is -2.20. The average molecular weight is 281 g/mol. The fourth-order valence-corrected chi connectivity index (χ4v) is 2.57. The molecule has 0 bridgehead atoms. The van der Waals surface area contributed by atoms with E-state index in [-0.39, 0.29) is 5.91 Å². The lowest BCUT2D eigenvalue weighted by molar-refractivity contribution is -0.118. The van der Waals surface area contributed by atoms with Crippen LogP contribution in [0.3, 0.4) is 0 Å². The molecule has 108 valence electrons. The molecule has 0 unspecified atom stereocenters. The van der Waals surface area contributed by atoms with Crippen LogP contribution in [0.5, 0.6) is 11.5 Å². The predicted molar refractivity (Wildman–Crippen MR) is 83.8 cm³/mol. The van der Waals surface area contributed by atoms with Crippen molar-refractivity contribution in [2.75, 3.05) is 11.4 Å². The van der Waals surface area contributed by atoms with E-state index in [0.717, 1.165) is 43.0 Å². The molecule has 1 fully saturated rings. The molecule has 0 radical (unpaired) electrons. The van der Waals surface area contributed by atoms with E-state index in [1.807, 2.05) is 59.5 Å². The quantitative estimate of drug-likeness (QED) is 0.835. The van der Waals surface area contributed by atoms with Crippen molar-refractivity contribution >= 4 is 11.6 Å². The zero-order chi connectivity index (χ0) is 14.5. The SMILES string of the molecule is O=C1CCCCCN1c1ccc(Oc2ccccc2)cc1. The summed E-state index contributed by atoms with van der Waals surface area (Å²) >= 11 is 0. The molecule has 0 atom stereocenters. The van der Waals surface area contributed by atoms with Crippen LogP contribution in [0.15, 0.2) is 54.6 Å². The summed E-state index contributed by atoms with van der Waals surface area (Å²) in [5.74, 6) is 1.83. The Morgan fingerprint density at radius 3 is 2.29 bits per heavy atom. The fourth-order valence-electron chi connectivity index (χ4n) is 2.57. The number of hydrogen-bond acceptors (Lipinski definition) is 2. The second-order valence-electron chi connectivity index (χ2n) is 5.27. The lowest BCUT2D eigenvalue weighted by Crippen LogP contribution is -2.29. The Hall–Kier alpha value is -2.29. The van der Waals surface area contributed by atoms with Crippen molar-refractivity contribution in [1.29, 1.82) is 0 Å². The van der Waals surface area contributed by atoms with Crippen molar-refractivity contribution in [2.24, 2.45) is 0 Å². The molecule has 1 amide bonds. The number of hydrogen-bond donors (Lipinski definition) is 0. The van der Waals surface area contributed by atoms with Gasteiger partial charge in [0.1, 0.15) is 11.5 Å². The zero-order valence-electron chi connectivity index (χ0n) is 12.0. The molecule has 2 aromatic carbocycles. The summed E-state index contributed by atoms with van der Waals surface area (Å²) in [5.41, 5.74) is 0.960. The van der Waals surface area contributed by atoms with Gasteiger partial charge in [-0.25, -0.2) is 0 Å². The zero-order valence-corrected chi connectivity index (χ0v) is 12.0. The minimum atomic E-state index is 0.226. The average Bonchev–Trinajstić information content (AvgIpc) is 2.74. The smallest absolute Gasteiger partial charge is 0.226 e. The first-order chi connectivity index (χ1) is 10.3. The lowest BCUT2D eigenvalue weighted by atomic mass is 10.2. The topological polar surface area (TPSA) is 29.5 Å². The minimum absolute atomic E-state index is 0.226. The first-order valence-electron chi connectivity index (χ1n) is 7.46.